The van der Waals surface area contributed by atoms with Crippen LogP contribution in [0.2, 0.25) is 10.0 Å². The number of nitrogens with zero attached hydrogens (tertiary/aromatic N) is 2. The van der Waals surface area contributed by atoms with Gasteiger partial charge in [-0.3, -0.25) is 9.59 Å². The summed E-state index contributed by atoms with van der Waals surface area (Å²) in [5.41, 5.74) is 0.349. The molecule has 0 radical (unpaired) electrons. The Kier molecular flexibility index (Phi) is 9.74. The summed E-state index contributed by atoms with van der Waals surface area (Å²) >= 11 is 12.5. The minimum atomic E-state index is -1.46. The zero-order valence-corrected chi connectivity index (χ0v) is 20.4. The SMILES string of the molecule is CCOc1cc(Cl)c(N=NC(C(C)=O)C(=O)Nc2c(Cl)ccc(OC)c2OC)cc1OCC. The molecule has 0 fully saturated rings. The van der Waals surface area contributed by atoms with E-state index in [9.17, 15) is 9.59 Å². The van der Waals surface area contributed by atoms with E-state index in [1.807, 2.05) is 13.8 Å². The zero-order chi connectivity index (χ0) is 24.5. The standard InChI is InChI=1S/C22H25Cl2N3O6/c1-6-32-17-10-14(24)15(11-18(17)33-7-2)26-27-19(12(3)28)22(29)25-20-13(23)8-9-16(30-4)21(20)31-5/h8-11,19H,6-7H2,1-5H3,(H,25,29). The van der Waals surface area contributed by atoms with Gasteiger partial charge in [-0.05, 0) is 32.9 Å². The summed E-state index contributed by atoms with van der Waals surface area (Å²) in [7, 11) is 2.84. The molecule has 2 aromatic carbocycles. The average molecular weight is 498 g/mol. The number of ketones is 1. The summed E-state index contributed by atoms with van der Waals surface area (Å²) in [5.74, 6) is 0.114. The molecule has 0 aliphatic rings. The molecule has 1 atom stereocenters. The van der Waals surface area contributed by atoms with E-state index < -0.39 is 17.7 Å². The number of amides is 1. The maximum Gasteiger partial charge on any atom is 0.258 e. The van der Waals surface area contributed by atoms with Crippen LogP contribution in [0.25, 0.3) is 0 Å². The van der Waals surface area contributed by atoms with Crippen LogP contribution in [-0.4, -0.2) is 45.2 Å². The van der Waals surface area contributed by atoms with Gasteiger partial charge >= 0.3 is 0 Å². The topological polar surface area (TPSA) is 108 Å². The molecule has 0 aliphatic carbocycles. The number of anilines is 1. The number of rotatable bonds is 11. The largest absolute Gasteiger partial charge is 0.493 e. The number of methoxy groups -OCH3 is 2. The van der Waals surface area contributed by atoms with Gasteiger partial charge < -0.3 is 24.3 Å². The lowest BCUT2D eigenvalue weighted by molar-refractivity contribution is -0.126. The maximum atomic E-state index is 12.9. The fourth-order valence-corrected chi connectivity index (χ4v) is 3.17. The molecular formula is C22H25Cl2N3O6. The number of hydrogen-bond donors (Lipinski definition) is 1. The van der Waals surface area contributed by atoms with Gasteiger partial charge in [0.25, 0.3) is 5.91 Å². The number of azo groups is 1. The molecule has 0 aromatic heterocycles. The van der Waals surface area contributed by atoms with Crippen molar-refractivity contribution in [3.05, 3.63) is 34.3 Å². The van der Waals surface area contributed by atoms with Crippen LogP contribution in [0.4, 0.5) is 11.4 Å². The maximum absolute atomic E-state index is 12.9. The Balaban J connectivity index is 2.36. The molecule has 0 aliphatic heterocycles. The van der Waals surface area contributed by atoms with Crippen molar-refractivity contribution in [3.63, 3.8) is 0 Å². The molecule has 11 heteroatoms. The molecule has 0 saturated carbocycles. The third-order valence-electron chi connectivity index (χ3n) is 4.27. The van der Waals surface area contributed by atoms with Crippen LogP contribution in [0, 0.1) is 0 Å². The molecule has 0 bridgehead atoms. The van der Waals surface area contributed by atoms with Crippen molar-refractivity contribution in [2.24, 2.45) is 10.2 Å². The summed E-state index contributed by atoms with van der Waals surface area (Å²) in [6.45, 7) is 5.68. The van der Waals surface area contributed by atoms with Crippen molar-refractivity contribution < 1.29 is 28.5 Å². The number of hydrogen-bond acceptors (Lipinski definition) is 8. The number of nitrogens with one attached hydrogen (secondary N) is 1. The monoisotopic (exact) mass is 497 g/mol. The van der Waals surface area contributed by atoms with Gasteiger partial charge in [-0.2, -0.15) is 10.2 Å². The van der Waals surface area contributed by atoms with Crippen molar-refractivity contribution in [2.75, 3.05) is 32.8 Å². The molecule has 33 heavy (non-hydrogen) atoms. The van der Waals surface area contributed by atoms with Crippen molar-refractivity contribution in [1.82, 2.24) is 0 Å². The normalized spacial score (nSPS) is 11.7. The summed E-state index contributed by atoms with van der Waals surface area (Å²) in [4.78, 5) is 25.0. The number of Topliss-reactive ketones (excluding diaryl/α,β-unsaturated/α-hetero) is 1. The minimum absolute atomic E-state index is 0.141. The van der Waals surface area contributed by atoms with Gasteiger partial charge in [-0.1, -0.05) is 23.2 Å². The van der Waals surface area contributed by atoms with Gasteiger partial charge in [0.2, 0.25) is 6.04 Å². The van der Waals surface area contributed by atoms with E-state index in [-0.39, 0.29) is 27.2 Å². The van der Waals surface area contributed by atoms with E-state index in [4.69, 9.17) is 42.1 Å². The Morgan fingerprint density at radius 3 is 2.15 bits per heavy atom. The van der Waals surface area contributed by atoms with E-state index in [1.54, 1.807) is 6.07 Å². The van der Waals surface area contributed by atoms with Gasteiger partial charge in [0.05, 0.1) is 37.5 Å². The first-order chi connectivity index (χ1) is 15.8. The Morgan fingerprint density at radius 2 is 1.61 bits per heavy atom. The minimum Gasteiger partial charge on any atom is -0.493 e. The lowest BCUT2D eigenvalue weighted by Crippen LogP contribution is -2.32. The Morgan fingerprint density at radius 1 is 0.970 bits per heavy atom. The van der Waals surface area contributed by atoms with Crippen LogP contribution < -0.4 is 24.3 Å². The van der Waals surface area contributed by atoms with Crippen LogP contribution in [0.5, 0.6) is 23.0 Å². The van der Waals surface area contributed by atoms with Gasteiger partial charge in [0.1, 0.15) is 11.4 Å². The predicted molar refractivity (Wildman–Crippen MR) is 126 cm³/mol. The lowest BCUT2D eigenvalue weighted by atomic mass is 10.2. The third kappa shape index (κ3) is 6.49. The highest BCUT2D eigenvalue weighted by molar-refractivity contribution is 6.34. The molecule has 0 heterocycles. The number of benzene rings is 2. The fourth-order valence-electron chi connectivity index (χ4n) is 2.79. The summed E-state index contributed by atoms with van der Waals surface area (Å²) in [6.07, 6.45) is 0. The molecule has 9 nitrogen and oxygen atoms in total. The molecule has 2 rings (SSSR count). The first kappa shape index (κ1) is 26.2. The molecule has 178 valence electrons. The van der Waals surface area contributed by atoms with E-state index in [0.717, 1.165) is 0 Å². The van der Waals surface area contributed by atoms with Crippen molar-refractivity contribution >= 4 is 46.3 Å². The Bertz CT molecular complexity index is 1050. The molecule has 1 unspecified atom stereocenters. The van der Waals surface area contributed by atoms with Gasteiger partial charge in [0.15, 0.2) is 28.8 Å². The summed E-state index contributed by atoms with van der Waals surface area (Å²) in [5, 5.41) is 10.9. The van der Waals surface area contributed by atoms with Crippen LogP contribution in [0.3, 0.4) is 0 Å². The quantitative estimate of drug-likeness (QED) is 0.324. The highest BCUT2D eigenvalue weighted by Crippen LogP contribution is 2.41. The van der Waals surface area contributed by atoms with Crippen molar-refractivity contribution in [3.8, 4) is 23.0 Å². The van der Waals surface area contributed by atoms with E-state index in [1.165, 1.54) is 39.3 Å². The lowest BCUT2D eigenvalue weighted by Gasteiger charge is -2.16. The summed E-state index contributed by atoms with van der Waals surface area (Å²) in [6, 6.07) is 4.71. The second kappa shape index (κ2) is 12.3. The zero-order valence-electron chi connectivity index (χ0n) is 18.9. The van der Waals surface area contributed by atoms with Gasteiger partial charge in [-0.25, -0.2) is 0 Å². The number of carbonyl (C=O) groups excluding carboxylic acids is 2. The van der Waals surface area contributed by atoms with Gasteiger partial charge in [0, 0.05) is 12.1 Å². The Labute approximate surface area is 202 Å². The van der Waals surface area contributed by atoms with Gasteiger partial charge in [-0.15, -0.1) is 0 Å². The van der Waals surface area contributed by atoms with E-state index in [2.05, 4.69) is 15.5 Å². The first-order valence-corrected chi connectivity index (χ1v) is 10.7. The molecule has 1 N–H and O–H groups in total. The molecule has 0 saturated heterocycles. The van der Waals surface area contributed by atoms with Crippen molar-refractivity contribution in [2.45, 2.75) is 26.8 Å². The molecular weight excluding hydrogens is 473 g/mol. The highest BCUT2D eigenvalue weighted by Gasteiger charge is 2.26. The van der Waals surface area contributed by atoms with E-state index in [0.29, 0.717) is 30.5 Å². The fraction of sp³-hybridized carbons (Fsp3) is 0.364. The van der Waals surface area contributed by atoms with Crippen LogP contribution in [0.1, 0.15) is 20.8 Å². The second-order valence-corrected chi connectivity index (χ2v) is 7.31. The number of halogens is 2. The van der Waals surface area contributed by atoms with Crippen molar-refractivity contribution in [1.29, 1.82) is 0 Å². The third-order valence-corrected chi connectivity index (χ3v) is 4.89. The first-order valence-electron chi connectivity index (χ1n) is 9.99. The molecule has 2 aromatic rings. The van der Waals surface area contributed by atoms with Crippen LogP contribution in [-0.2, 0) is 9.59 Å². The molecule has 1 amide bonds. The number of carbonyl (C=O) groups is 2. The second-order valence-electron chi connectivity index (χ2n) is 6.49. The summed E-state index contributed by atoms with van der Waals surface area (Å²) < 4.78 is 21.6. The van der Waals surface area contributed by atoms with Crippen LogP contribution >= 0.6 is 23.2 Å². The highest BCUT2D eigenvalue weighted by atomic mass is 35.5. The predicted octanol–water partition coefficient (Wildman–Crippen LogP) is 5.49. The Hall–Kier alpha value is -3.04. The van der Waals surface area contributed by atoms with E-state index >= 15 is 0 Å². The number of ether oxygens (including phenoxy) is 4. The molecule has 0 spiro atoms. The smallest absolute Gasteiger partial charge is 0.258 e. The van der Waals surface area contributed by atoms with Crippen LogP contribution in [0.15, 0.2) is 34.5 Å². The average Bonchev–Trinajstić information content (AvgIpc) is 2.77.